The van der Waals surface area contributed by atoms with Crippen LogP contribution in [0.15, 0.2) is 29.6 Å². The van der Waals surface area contributed by atoms with Crippen LogP contribution in [0.4, 0.5) is 5.13 Å². The van der Waals surface area contributed by atoms with E-state index in [0.29, 0.717) is 48.4 Å². The molecule has 0 unspecified atom stereocenters. The summed E-state index contributed by atoms with van der Waals surface area (Å²) in [4.78, 5) is 45.7. The fourth-order valence-corrected chi connectivity index (χ4v) is 4.22. The largest absolute Gasteiger partial charge is 0.497 e. The number of hydrogen-bond donors (Lipinski definition) is 1. The lowest BCUT2D eigenvalue weighted by atomic mass is 10.2. The molecule has 0 bridgehead atoms. The Morgan fingerprint density at radius 3 is 2.59 bits per heavy atom. The average Bonchev–Trinajstić information content (AvgIpc) is 3.58. The molecule has 0 spiro atoms. The maximum absolute atomic E-state index is 12.9. The number of anilines is 1. The van der Waals surface area contributed by atoms with Crippen molar-refractivity contribution in [1.82, 2.24) is 14.8 Å². The first-order valence-electron chi connectivity index (χ1n) is 10.6. The molecular formula is C22H26N4O5S. The van der Waals surface area contributed by atoms with E-state index in [9.17, 15) is 14.4 Å². The van der Waals surface area contributed by atoms with Crippen molar-refractivity contribution >= 4 is 34.2 Å². The molecule has 1 aromatic carbocycles. The van der Waals surface area contributed by atoms with Crippen LogP contribution in [0, 0.1) is 0 Å². The van der Waals surface area contributed by atoms with E-state index in [1.165, 1.54) is 11.3 Å². The van der Waals surface area contributed by atoms with E-state index in [0.717, 1.165) is 12.8 Å². The van der Waals surface area contributed by atoms with Crippen LogP contribution in [0.5, 0.6) is 5.75 Å². The van der Waals surface area contributed by atoms with Crippen LogP contribution in [0.1, 0.15) is 28.9 Å². The molecule has 10 heteroatoms. The van der Waals surface area contributed by atoms with Gasteiger partial charge in [-0.3, -0.25) is 14.4 Å². The third-order valence-electron chi connectivity index (χ3n) is 5.39. The highest BCUT2D eigenvalue weighted by Gasteiger charge is 2.34. The minimum atomic E-state index is -0.306. The molecule has 1 aromatic heterocycles. The van der Waals surface area contributed by atoms with Gasteiger partial charge in [0.2, 0.25) is 11.8 Å². The number of methoxy groups -OCH3 is 1. The summed E-state index contributed by atoms with van der Waals surface area (Å²) in [6, 6.07) is 6.94. The lowest BCUT2D eigenvalue weighted by molar-refractivity contribution is -0.134. The Bertz CT molecular complexity index is 967. The maximum Gasteiger partial charge on any atom is 0.254 e. The summed E-state index contributed by atoms with van der Waals surface area (Å²) in [7, 11) is 1.57. The van der Waals surface area contributed by atoms with Crippen molar-refractivity contribution in [3.8, 4) is 5.75 Å². The minimum absolute atomic E-state index is 0.00136. The molecule has 1 saturated heterocycles. The van der Waals surface area contributed by atoms with Gasteiger partial charge in [0, 0.05) is 30.1 Å². The zero-order chi connectivity index (χ0) is 22.5. The fourth-order valence-electron chi connectivity index (χ4n) is 3.49. The molecule has 170 valence electrons. The van der Waals surface area contributed by atoms with Gasteiger partial charge in [0.25, 0.3) is 5.91 Å². The SMILES string of the molecule is COc1ccc(C(=O)N(CC(=O)Nc2nc(CC(=O)N3CCOCC3)cs2)C2CC2)cc1. The van der Waals surface area contributed by atoms with E-state index in [1.807, 2.05) is 0 Å². The van der Waals surface area contributed by atoms with E-state index >= 15 is 0 Å². The highest BCUT2D eigenvalue weighted by Crippen LogP contribution is 2.28. The topological polar surface area (TPSA) is 101 Å². The number of aromatic nitrogens is 1. The number of amides is 3. The lowest BCUT2D eigenvalue weighted by Gasteiger charge is -2.26. The van der Waals surface area contributed by atoms with Gasteiger partial charge in [0.1, 0.15) is 12.3 Å². The van der Waals surface area contributed by atoms with E-state index < -0.39 is 0 Å². The molecule has 2 aliphatic rings. The van der Waals surface area contributed by atoms with Gasteiger partial charge in [-0.1, -0.05) is 0 Å². The Morgan fingerprint density at radius 1 is 1.22 bits per heavy atom. The van der Waals surface area contributed by atoms with Gasteiger partial charge in [0.05, 0.1) is 32.4 Å². The van der Waals surface area contributed by atoms with E-state index in [2.05, 4.69) is 10.3 Å². The number of morpholine rings is 1. The van der Waals surface area contributed by atoms with Crippen molar-refractivity contribution in [2.75, 3.05) is 45.3 Å². The number of thiazole rings is 1. The highest BCUT2D eigenvalue weighted by atomic mass is 32.1. The van der Waals surface area contributed by atoms with E-state index in [1.54, 1.807) is 46.6 Å². The number of rotatable bonds is 8. The zero-order valence-electron chi connectivity index (χ0n) is 17.9. The number of benzene rings is 1. The molecule has 2 fully saturated rings. The third kappa shape index (κ3) is 5.63. The molecule has 0 radical (unpaired) electrons. The Balaban J connectivity index is 1.32. The normalized spacial score (nSPS) is 15.8. The zero-order valence-corrected chi connectivity index (χ0v) is 18.7. The molecule has 1 aliphatic heterocycles. The van der Waals surface area contributed by atoms with Gasteiger partial charge in [-0.2, -0.15) is 0 Å². The molecular weight excluding hydrogens is 432 g/mol. The van der Waals surface area contributed by atoms with Crippen LogP contribution >= 0.6 is 11.3 Å². The Hall–Kier alpha value is -2.98. The number of carbonyl (C=O) groups is 3. The van der Waals surface area contributed by atoms with Gasteiger partial charge in [-0.05, 0) is 37.1 Å². The average molecular weight is 459 g/mol. The first-order valence-corrected chi connectivity index (χ1v) is 11.5. The van der Waals surface area contributed by atoms with Crippen molar-refractivity contribution in [3.05, 3.63) is 40.9 Å². The molecule has 1 aliphatic carbocycles. The Morgan fingerprint density at radius 2 is 1.94 bits per heavy atom. The number of carbonyl (C=O) groups excluding carboxylic acids is 3. The minimum Gasteiger partial charge on any atom is -0.497 e. The van der Waals surface area contributed by atoms with Crippen LogP contribution in [0.2, 0.25) is 0 Å². The number of nitrogens with zero attached hydrogens (tertiary/aromatic N) is 3. The fraction of sp³-hybridized carbons (Fsp3) is 0.455. The third-order valence-corrected chi connectivity index (χ3v) is 6.20. The first kappa shape index (κ1) is 22.2. The lowest BCUT2D eigenvalue weighted by Crippen LogP contribution is -2.41. The quantitative estimate of drug-likeness (QED) is 0.647. The van der Waals surface area contributed by atoms with E-state index in [4.69, 9.17) is 9.47 Å². The van der Waals surface area contributed by atoms with Crippen molar-refractivity contribution in [2.45, 2.75) is 25.3 Å². The molecule has 1 N–H and O–H groups in total. The molecule has 4 rings (SSSR count). The molecule has 1 saturated carbocycles. The highest BCUT2D eigenvalue weighted by molar-refractivity contribution is 7.13. The summed E-state index contributed by atoms with van der Waals surface area (Å²) in [5, 5.41) is 4.96. The van der Waals surface area contributed by atoms with Gasteiger partial charge < -0.3 is 24.6 Å². The smallest absolute Gasteiger partial charge is 0.254 e. The predicted molar refractivity (Wildman–Crippen MR) is 119 cm³/mol. The van der Waals surface area contributed by atoms with Gasteiger partial charge in [0.15, 0.2) is 5.13 Å². The van der Waals surface area contributed by atoms with Crippen LogP contribution in [0.3, 0.4) is 0 Å². The monoisotopic (exact) mass is 458 g/mol. The summed E-state index contributed by atoms with van der Waals surface area (Å²) in [6.07, 6.45) is 1.97. The second-order valence-electron chi connectivity index (χ2n) is 7.75. The second kappa shape index (κ2) is 10.1. The van der Waals surface area contributed by atoms with Crippen molar-refractivity contribution < 1.29 is 23.9 Å². The van der Waals surface area contributed by atoms with Crippen molar-refractivity contribution in [3.63, 3.8) is 0 Å². The van der Waals surface area contributed by atoms with Crippen LogP contribution in [-0.2, 0) is 20.7 Å². The second-order valence-corrected chi connectivity index (χ2v) is 8.61. The molecule has 9 nitrogen and oxygen atoms in total. The summed E-state index contributed by atoms with van der Waals surface area (Å²) in [5.41, 5.74) is 1.14. The van der Waals surface area contributed by atoms with E-state index in [-0.39, 0.29) is 36.7 Å². The Kier molecular flexibility index (Phi) is 7.01. The predicted octanol–water partition coefficient (Wildman–Crippen LogP) is 1.80. The standard InChI is InChI=1S/C22H26N4O5S/c1-30-18-6-2-15(3-7-18)21(29)26(17-4-5-17)13-19(27)24-22-23-16(14-32-22)12-20(28)25-8-10-31-11-9-25/h2-3,6-7,14,17H,4-5,8-13H2,1H3,(H,23,24,27). The summed E-state index contributed by atoms with van der Waals surface area (Å²) >= 11 is 1.27. The molecule has 3 amide bonds. The molecule has 0 atom stereocenters. The van der Waals surface area contributed by atoms with Crippen molar-refractivity contribution in [2.24, 2.45) is 0 Å². The Labute approximate surface area is 190 Å². The molecule has 32 heavy (non-hydrogen) atoms. The van der Waals surface area contributed by atoms with Crippen LogP contribution < -0.4 is 10.1 Å². The van der Waals surface area contributed by atoms with Gasteiger partial charge in [-0.15, -0.1) is 11.3 Å². The van der Waals surface area contributed by atoms with Crippen LogP contribution in [0.25, 0.3) is 0 Å². The maximum atomic E-state index is 12.9. The van der Waals surface area contributed by atoms with Crippen molar-refractivity contribution in [1.29, 1.82) is 0 Å². The molecule has 2 aromatic rings. The summed E-state index contributed by atoms with van der Waals surface area (Å²) in [5.74, 6) is 0.186. The number of nitrogens with one attached hydrogen (secondary N) is 1. The van der Waals surface area contributed by atoms with Gasteiger partial charge in [-0.25, -0.2) is 4.98 Å². The van der Waals surface area contributed by atoms with Gasteiger partial charge >= 0.3 is 0 Å². The summed E-state index contributed by atoms with van der Waals surface area (Å²) < 4.78 is 10.4. The summed E-state index contributed by atoms with van der Waals surface area (Å²) in [6.45, 7) is 2.24. The number of hydrogen-bond acceptors (Lipinski definition) is 7. The first-order chi connectivity index (χ1) is 15.5. The number of ether oxygens (including phenoxy) is 2. The molecule has 2 heterocycles. The van der Waals surface area contributed by atoms with Crippen LogP contribution in [-0.4, -0.2) is 78.5 Å².